The molecule has 1 aromatic heterocycles. The van der Waals surface area contributed by atoms with Crippen LogP contribution in [-0.4, -0.2) is 36.0 Å². The zero-order valence-electron chi connectivity index (χ0n) is 15.7. The van der Waals surface area contributed by atoms with Crippen molar-refractivity contribution in [2.24, 2.45) is 0 Å². The molecule has 0 atom stereocenters. The van der Waals surface area contributed by atoms with Crippen molar-refractivity contribution < 1.29 is 18.1 Å². The van der Waals surface area contributed by atoms with Crippen molar-refractivity contribution in [2.75, 3.05) is 11.9 Å². The molecular weight excluding hydrogens is 430 g/mol. The molecule has 1 heterocycles. The third kappa shape index (κ3) is 5.23. The van der Waals surface area contributed by atoms with Gasteiger partial charge >= 0.3 is 0 Å². The second-order valence-electron chi connectivity index (χ2n) is 6.19. The largest absolute Gasteiger partial charge is 0.296 e. The average molecular weight is 447 g/mol. The Balaban J connectivity index is 1.59. The Morgan fingerprint density at radius 3 is 2.53 bits per heavy atom. The highest BCUT2D eigenvalue weighted by Crippen LogP contribution is 2.21. The molecule has 0 fully saturated rings. The van der Waals surface area contributed by atoms with E-state index in [-0.39, 0.29) is 34.2 Å². The Morgan fingerprint density at radius 1 is 1.13 bits per heavy atom. The number of carbonyl (C=O) groups is 1. The molecule has 1 amide bonds. The topological polar surface area (TPSA) is 144 Å². The van der Waals surface area contributed by atoms with Crippen LogP contribution >= 0.6 is 11.3 Å². The molecule has 0 spiro atoms. The van der Waals surface area contributed by atoms with Crippen molar-refractivity contribution >= 4 is 38.1 Å². The van der Waals surface area contributed by atoms with Crippen LogP contribution in [0, 0.1) is 17.0 Å². The lowest BCUT2D eigenvalue weighted by Gasteiger charge is -2.05. The number of benzene rings is 2. The third-order valence-electron chi connectivity index (χ3n) is 3.99. The number of para-hydroxylation sites is 1. The molecule has 0 unspecified atom stereocenters. The summed E-state index contributed by atoms with van der Waals surface area (Å²) < 4.78 is 27.0. The van der Waals surface area contributed by atoms with Crippen molar-refractivity contribution in [1.29, 1.82) is 0 Å². The molecule has 3 rings (SSSR count). The quantitative estimate of drug-likeness (QED) is 0.399. The summed E-state index contributed by atoms with van der Waals surface area (Å²) in [5.41, 5.74) is 0.550. The van der Waals surface area contributed by atoms with Crippen molar-refractivity contribution in [1.82, 2.24) is 14.9 Å². The van der Waals surface area contributed by atoms with Gasteiger partial charge < -0.3 is 0 Å². The maximum Gasteiger partial charge on any atom is 0.282 e. The van der Waals surface area contributed by atoms with E-state index in [1.807, 2.05) is 6.92 Å². The predicted molar refractivity (Wildman–Crippen MR) is 111 cm³/mol. The van der Waals surface area contributed by atoms with Crippen molar-refractivity contribution in [2.45, 2.75) is 18.2 Å². The number of aromatic nitrogens is 2. The molecule has 2 aromatic carbocycles. The fraction of sp³-hybridized carbons (Fsp3) is 0.167. The average Bonchev–Trinajstić information content (AvgIpc) is 3.15. The molecule has 0 bridgehead atoms. The van der Waals surface area contributed by atoms with E-state index < -0.39 is 20.9 Å². The maximum absolute atomic E-state index is 12.3. The van der Waals surface area contributed by atoms with Gasteiger partial charge in [0.1, 0.15) is 10.6 Å². The molecule has 30 heavy (non-hydrogen) atoms. The molecule has 156 valence electrons. The number of nitro benzene ring substituents is 1. The fourth-order valence-corrected chi connectivity index (χ4v) is 4.25. The summed E-state index contributed by atoms with van der Waals surface area (Å²) in [6.45, 7) is 1.97. The number of nitrogens with zero attached hydrogens (tertiary/aromatic N) is 3. The number of nitro groups is 1. The van der Waals surface area contributed by atoms with Crippen molar-refractivity contribution in [3.8, 4) is 0 Å². The van der Waals surface area contributed by atoms with E-state index in [0.29, 0.717) is 5.01 Å². The molecule has 12 heteroatoms. The SMILES string of the molecule is Cc1ccc(S(=O)(=O)NCCc2nnc(NC(=O)c3ccccc3[N+](=O)[O-])s2)cc1. The molecule has 10 nitrogen and oxygen atoms in total. The van der Waals surface area contributed by atoms with E-state index in [4.69, 9.17) is 0 Å². The van der Waals surface area contributed by atoms with E-state index in [2.05, 4.69) is 20.2 Å². The van der Waals surface area contributed by atoms with Gasteiger partial charge in [-0.2, -0.15) is 0 Å². The Kier molecular flexibility index (Phi) is 6.50. The molecule has 3 aromatic rings. The number of hydrogen-bond donors (Lipinski definition) is 2. The lowest BCUT2D eigenvalue weighted by Crippen LogP contribution is -2.25. The number of amides is 1. The third-order valence-corrected chi connectivity index (χ3v) is 6.37. The number of anilines is 1. The van der Waals surface area contributed by atoms with Gasteiger partial charge in [0, 0.05) is 19.0 Å². The van der Waals surface area contributed by atoms with Gasteiger partial charge in [0.05, 0.1) is 9.82 Å². The Morgan fingerprint density at radius 2 is 1.83 bits per heavy atom. The molecule has 0 radical (unpaired) electrons. The standard InChI is InChI=1S/C18H17N5O5S2/c1-12-6-8-13(9-7-12)30(27,28)19-11-10-16-21-22-18(29-16)20-17(24)14-4-2-3-5-15(14)23(25)26/h2-9,19H,10-11H2,1H3,(H,20,22,24). The van der Waals surface area contributed by atoms with E-state index in [1.54, 1.807) is 12.1 Å². The second-order valence-corrected chi connectivity index (χ2v) is 9.02. The minimum absolute atomic E-state index is 0.0925. The number of sulfonamides is 1. The monoisotopic (exact) mass is 447 g/mol. The van der Waals surface area contributed by atoms with Gasteiger partial charge in [0.2, 0.25) is 15.2 Å². The normalized spacial score (nSPS) is 11.2. The van der Waals surface area contributed by atoms with E-state index in [9.17, 15) is 23.3 Å². The van der Waals surface area contributed by atoms with Crippen LogP contribution < -0.4 is 10.0 Å². The van der Waals surface area contributed by atoms with Gasteiger partial charge in [0.15, 0.2) is 0 Å². The highest BCUT2D eigenvalue weighted by Gasteiger charge is 2.20. The summed E-state index contributed by atoms with van der Waals surface area (Å²) in [5.74, 6) is -0.676. The van der Waals surface area contributed by atoms with Crippen molar-refractivity contribution in [3.63, 3.8) is 0 Å². The summed E-state index contributed by atoms with van der Waals surface area (Å²) in [5, 5.41) is 21.9. The van der Waals surface area contributed by atoms with Gasteiger partial charge in [-0.1, -0.05) is 41.2 Å². The number of aryl methyl sites for hydroxylation is 1. The molecule has 0 aliphatic carbocycles. The Hall–Kier alpha value is -3.22. The Bertz CT molecular complexity index is 1180. The molecule has 2 N–H and O–H groups in total. The number of nitrogens with one attached hydrogen (secondary N) is 2. The van der Waals surface area contributed by atoms with Gasteiger partial charge in [0.25, 0.3) is 11.6 Å². The zero-order chi connectivity index (χ0) is 21.7. The first kappa shape index (κ1) is 21.5. The van der Waals surface area contributed by atoms with Crippen LogP contribution in [-0.2, 0) is 16.4 Å². The summed E-state index contributed by atoms with van der Waals surface area (Å²) in [4.78, 5) is 22.9. The Labute approximate surface area is 176 Å². The molecular formula is C18H17N5O5S2. The summed E-state index contributed by atoms with van der Waals surface area (Å²) in [7, 11) is -3.64. The van der Waals surface area contributed by atoms with Crippen LogP contribution in [0.4, 0.5) is 10.8 Å². The number of rotatable bonds is 8. The van der Waals surface area contributed by atoms with Crippen LogP contribution in [0.15, 0.2) is 53.4 Å². The second kappa shape index (κ2) is 9.07. The molecule has 0 aliphatic heterocycles. The molecule has 0 saturated carbocycles. The summed E-state index contributed by atoms with van der Waals surface area (Å²) >= 11 is 1.06. The van der Waals surface area contributed by atoms with Gasteiger partial charge in [-0.15, -0.1) is 10.2 Å². The molecule has 0 saturated heterocycles. The zero-order valence-corrected chi connectivity index (χ0v) is 17.4. The van der Waals surface area contributed by atoms with E-state index in [1.165, 1.54) is 36.4 Å². The van der Waals surface area contributed by atoms with Crippen LogP contribution in [0.3, 0.4) is 0 Å². The highest BCUT2D eigenvalue weighted by atomic mass is 32.2. The van der Waals surface area contributed by atoms with Gasteiger partial charge in [-0.05, 0) is 25.1 Å². The van der Waals surface area contributed by atoms with Crippen LogP contribution in [0.1, 0.15) is 20.9 Å². The minimum atomic E-state index is -3.64. The van der Waals surface area contributed by atoms with Crippen LogP contribution in [0.5, 0.6) is 0 Å². The fourth-order valence-electron chi connectivity index (χ4n) is 2.49. The smallest absolute Gasteiger partial charge is 0.282 e. The molecule has 0 aliphatic rings. The lowest BCUT2D eigenvalue weighted by atomic mass is 10.1. The maximum atomic E-state index is 12.3. The number of hydrogen-bond acceptors (Lipinski definition) is 8. The number of carbonyl (C=O) groups excluding carboxylic acids is 1. The van der Waals surface area contributed by atoms with Gasteiger partial charge in [-0.25, -0.2) is 13.1 Å². The van der Waals surface area contributed by atoms with E-state index >= 15 is 0 Å². The lowest BCUT2D eigenvalue weighted by molar-refractivity contribution is -0.385. The van der Waals surface area contributed by atoms with Crippen molar-refractivity contribution in [3.05, 3.63) is 74.8 Å². The van der Waals surface area contributed by atoms with E-state index in [0.717, 1.165) is 16.9 Å². The first-order valence-electron chi connectivity index (χ1n) is 8.70. The summed E-state index contributed by atoms with van der Waals surface area (Å²) in [6, 6.07) is 12.0. The first-order valence-corrected chi connectivity index (χ1v) is 11.0. The van der Waals surface area contributed by atoms with Gasteiger partial charge in [-0.3, -0.25) is 20.2 Å². The van der Waals surface area contributed by atoms with Crippen LogP contribution in [0.2, 0.25) is 0 Å². The minimum Gasteiger partial charge on any atom is -0.296 e. The summed E-state index contributed by atoms with van der Waals surface area (Å²) in [6.07, 6.45) is 0.268. The first-order chi connectivity index (χ1) is 14.3. The predicted octanol–water partition coefficient (Wildman–Crippen LogP) is 2.53. The van der Waals surface area contributed by atoms with Crippen LogP contribution in [0.25, 0.3) is 0 Å². The highest BCUT2D eigenvalue weighted by molar-refractivity contribution is 7.89.